The summed E-state index contributed by atoms with van der Waals surface area (Å²) in [5, 5.41) is 0. The zero-order valence-corrected chi connectivity index (χ0v) is 9.88. The van der Waals surface area contributed by atoms with Crippen LogP contribution in [0.2, 0.25) is 0 Å². The predicted molar refractivity (Wildman–Crippen MR) is 67.7 cm³/mol. The summed E-state index contributed by atoms with van der Waals surface area (Å²) in [6.45, 7) is 2.20. The maximum absolute atomic E-state index is 13.2. The molecule has 1 aromatic rings. The Bertz CT molecular complexity index is 359. The Kier molecular flexibility index (Phi) is 6.29. The summed E-state index contributed by atoms with van der Waals surface area (Å²) in [7, 11) is 0. The van der Waals surface area contributed by atoms with Gasteiger partial charge in [0.2, 0.25) is 0 Å². The average molecular weight is 218 g/mol. The van der Waals surface area contributed by atoms with Gasteiger partial charge in [0.25, 0.3) is 0 Å². The van der Waals surface area contributed by atoms with Crippen molar-refractivity contribution in [3.8, 4) is 0 Å². The molecule has 0 atom stereocenters. The van der Waals surface area contributed by atoms with E-state index in [9.17, 15) is 4.39 Å². The molecule has 1 aromatic carbocycles. The standard InChI is InChI=1S/C15H19F/c1-2-3-4-5-6-7-8-11-14-12-9-10-13-15(14)16/h7,9-13H,2-6H2,1H3. The number of halogens is 1. The summed E-state index contributed by atoms with van der Waals surface area (Å²) in [5.41, 5.74) is 3.63. The van der Waals surface area contributed by atoms with Gasteiger partial charge in [-0.05, 0) is 31.1 Å². The van der Waals surface area contributed by atoms with Crippen LogP contribution in [0.4, 0.5) is 4.39 Å². The Morgan fingerprint density at radius 1 is 1.19 bits per heavy atom. The Labute approximate surface area is 97.5 Å². The topological polar surface area (TPSA) is 0 Å². The molecule has 0 nitrogen and oxygen atoms in total. The highest BCUT2D eigenvalue weighted by Crippen LogP contribution is 2.07. The number of hydrogen-bond donors (Lipinski definition) is 0. The van der Waals surface area contributed by atoms with E-state index in [1.54, 1.807) is 18.2 Å². The number of benzene rings is 1. The van der Waals surface area contributed by atoms with Crippen molar-refractivity contribution >= 4 is 6.08 Å². The number of hydrogen-bond acceptors (Lipinski definition) is 0. The zero-order valence-electron chi connectivity index (χ0n) is 9.88. The molecule has 0 N–H and O–H groups in total. The maximum Gasteiger partial charge on any atom is 0.131 e. The first-order chi connectivity index (χ1) is 7.84. The summed E-state index contributed by atoms with van der Waals surface area (Å²) >= 11 is 0. The molecule has 0 fully saturated rings. The fourth-order valence-electron chi connectivity index (χ4n) is 1.50. The molecule has 0 unspecified atom stereocenters. The van der Waals surface area contributed by atoms with Crippen LogP contribution in [0.5, 0.6) is 0 Å². The Morgan fingerprint density at radius 2 is 2.00 bits per heavy atom. The van der Waals surface area contributed by atoms with Crippen LogP contribution in [0.1, 0.15) is 44.6 Å². The van der Waals surface area contributed by atoms with E-state index >= 15 is 0 Å². The zero-order chi connectivity index (χ0) is 11.6. The van der Waals surface area contributed by atoms with Gasteiger partial charge in [-0.15, -0.1) is 5.73 Å². The van der Waals surface area contributed by atoms with Crippen molar-refractivity contribution in [2.24, 2.45) is 0 Å². The lowest BCUT2D eigenvalue weighted by atomic mass is 10.1. The van der Waals surface area contributed by atoms with Crippen LogP contribution in [0.15, 0.2) is 36.1 Å². The van der Waals surface area contributed by atoms with Crippen LogP contribution in [-0.4, -0.2) is 0 Å². The molecule has 86 valence electrons. The van der Waals surface area contributed by atoms with E-state index in [0.29, 0.717) is 5.56 Å². The number of unbranched alkanes of at least 4 members (excludes halogenated alkanes) is 4. The van der Waals surface area contributed by atoms with Gasteiger partial charge < -0.3 is 0 Å². The monoisotopic (exact) mass is 218 g/mol. The van der Waals surface area contributed by atoms with Crippen molar-refractivity contribution in [1.82, 2.24) is 0 Å². The van der Waals surface area contributed by atoms with Gasteiger partial charge >= 0.3 is 0 Å². The molecule has 0 aliphatic rings. The van der Waals surface area contributed by atoms with Crippen molar-refractivity contribution in [2.75, 3.05) is 0 Å². The van der Waals surface area contributed by atoms with Crippen molar-refractivity contribution in [1.29, 1.82) is 0 Å². The minimum atomic E-state index is -0.186. The van der Waals surface area contributed by atoms with Crippen LogP contribution in [-0.2, 0) is 0 Å². The maximum atomic E-state index is 13.2. The van der Waals surface area contributed by atoms with Gasteiger partial charge in [-0.3, -0.25) is 0 Å². The largest absolute Gasteiger partial charge is 0.206 e. The van der Waals surface area contributed by atoms with E-state index in [1.807, 2.05) is 12.1 Å². The third kappa shape index (κ3) is 4.95. The lowest BCUT2D eigenvalue weighted by Crippen LogP contribution is -1.77. The average Bonchev–Trinajstić information content (AvgIpc) is 2.30. The van der Waals surface area contributed by atoms with Crippen LogP contribution in [0, 0.1) is 5.82 Å². The van der Waals surface area contributed by atoms with Gasteiger partial charge in [0.1, 0.15) is 5.82 Å². The molecule has 0 bridgehead atoms. The first-order valence-electron chi connectivity index (χ1n) is 6.00. The molecule has 0 spiro atoms. The highest BCUT2D eigenvalue weighted by atomic mass is 19.1. The molecule has 0 aromatic heterocycles. The van der Waals surface area contributed by atoms with Crippen LogP contribution in [0.3, 0.4) is 0 Å². The second-order valence-electron chi connectivity index (χ2n) is 3.89. The molecule has 1 rings (SSSR count). The molecule has 0 aliphatic carbocycles. The van der Waals surface area contributed by atoms with Gasteiger partial charge in [-0.25, -0.2) is 4.39 Å². The lowest BCUT2D eigenvalue weighted by Gasteiger charge is -1.93. The highest BCUT2D eigenvalue weighted by Gasteiger charge is 1.93. The molecule has 1 heteroatoms. The third-order valence-electron chi connectivity index (χ3n) is 2.46. The van der Waals surface area contributed by atoms with Crippen LogP contribution in [0.25, 0.3) is 6.08 Å². The summed E-state index contributed by atoms with van der Waals surface area (Å²) in [6, 6.07) is 6.75. The van der Waals surface area contributed by atoms with Gasteiger partial charge in [0.05, 0.1) is 0 Å². The summed E-state index contributed by atoms with van der Waals surface area (Å²) in [4.78, 5) is 0. The van der Waals surface area contributed by atoms with E-state index in [4.69, 9.17) is 0 Å². The van der Waals surface area contributed by atoms with Crippen molar-refractivity contribution in [3.05, 3.63) is 47.5 Å². The first kappa shape index (κ1) is 12.7. The molecule has 16 heavy (non-hydrogen) atoms. The molecule has 0 saturated carbocycles. The minimum Gasteiger partial charge on any atom is -0.206 e. The molecule has 0 aliphatic heterocycles. The highest BCUT2D eigenvalue weighted by molar-refractivity contribution is 5.48. The van der Waals surface area contributed by atoms with E-state index in [1.165, 1.54) is 31.7 Å². The van der Waals surface area contributed by atoms with E-state index < -0.39 is 0 Å². The normalized spacial score (nSPS) is 9.62. The third-order valence-corrected chi connectivity index (χ3v) is 2.46. The van der Waals surface area contributed by atoms with Gasteiger partial charge in [-0.1, -0.05) is 44.4 Å². The second-order valence-corrected chi connectivity index (χ2v) is 3.89. The van der Waals surface area contributed by atoms with Crippen molar-refractivity contribution < 1.29 is 4.39 Å². The molecular formula is C15H19F. The summed E-state index contributed by atoms with van der Waals surface area (Å²) < 4.78 is 13.2. The summed E-state index contributed by atoms with van der Waals surface area (Å²) in [5.74, 6) is -0.186. The van der Waals surface area contributed by atoms with E-state index in [-0.39, 0.29) is 5.82 Å². The first-order valence-corrected chi connectivity index (χ1v) is 6.00. The number of allylic oxidation sites excluding steroid dienone is 1. The molecular weight excluding hydrogens is 199 g/mol. The number of rotatable bonds is 6. The molecule has 0 radical (unpaired) electrons. The molecule has 0 amide bonds. The van der Waals surface area contributed by atoms with Crippen molar-refractivity contribution in [3.63, 3.8) is 0 Å². The van der Waals surface area contributed by atoms with Gasteiger partial charge in [0.15, 0.2) is 0 Å². The van der Waals surface area contributed by atoms with E-state index in [0.717, 1.165) is 6.42 Å². The summed E-state index contributed by atoms with van der Waals surface area (Å²) in [6.07, 6.45) is 9.75. The van der Waals surface area contributed by atoms with Crippen molar-refractivity contribution in [2.45, 2.75) is 39.0 Å². The van der Waals surface area contributed by atoms with Crippen LogP contribution < -0.4 is 0 Å². The Hall–Kier alpha value is -1.33. The predicted octanol–water partition coefficient (Wildman–Crippen LogP) is 4.96. The second kappa shape index (κ2) is 7.90. The smallest absolute Gasteiger partial charge is 0.131 e. The van der Waals surface area contributed by atoms with Gasteiger partial charge in [-0.2, -0.15) is 0 Å². The quantitative estimate of drug-likeness (QED) is 0.467. The Balaban J connectivity index is 2.36. The SMILES string of the molecule is CCCCCCC=C=Cc1ccccc1F. The van der Waals surface area contributed by atoms with Gasteiger partial charge in [0, 0.05) is 5.56 Å². The van der Waals surface area contributed by atoms with Crippen LogP contribution >= 0.6 is 0 Å². The lowest BCUT2D eigenvalue weighted by molar-refractivity contribution is 0.625. The fraction of sp³-hybridized carbons (Fsp3) is 0.400. The van der Waals surface area contributed by atoms with E-state index in [2.05, 4.69) is 12.7 Å². The minimum absolute atomic E-state index is 0.186. The molecule has 0 heterocycles. The fourth-order valence-corrected chi connectivity index (χ4v) is 1.50. The Morgan fingerprint density at radius 3 is 2.75 bits per heavy atom. The molecule has 0 saturated heterocycles.